The van der Waals surface area contributed by atoms with Crippen LogP contribution in [0.3, 0.4) is 0 Å². The second-order valence-electron chi connectivity index (χ2n) is 3.75. The van der Waals surface area contributed by atoms with Crippen LogP contribution in [0.25, 0.3) is 0 Å². The number of benzene rings is 1. The van der Waals surface area contributed by atoms with Crippen molar-refractivity contribution in [2.24, 2.45) is 0 Å². The summed E-state index contributed by atoms with van der Waals surface area (Å²) >= 11 is 6.82. The molecule has 0 aliphatic heterocycles. The maximum Gasteiger partial charge on any atom is 0.253 e. The van der Waals surface area contributed by atoms with Gasteiger partial charge in [0.2, 0.25) is 0 Å². The van der Waals surface area contributed by atoms with Gasteiger partial charge >= 0.3 is 0 Å². The Kier molecular flexibility index (Phi) is 6.16. The third-order valence-electron chi connectivity index (χ3n) is 2.24. The molecule has 0 N–H and O–H groups in total. The highest BCUT2D eigenvalue weighted by Gasteiger charge is 2.15. The van der Waals surface area contributed by atoms with Crippen molar-refractivity contribution in [2.45, 2.75) is 4.83 Å². The molecule has 17 heavy (non-hydrogen) atoms. The van der Waals surface area contributed by atoms with Crippen LogP contribution in [0.2, 0.25) is 0 Å². The SMILES string of the molecule is COCC(Br)CN(C)C(=O)c1cccc(Br)c1. The van der Waals surface area contributed by atoms with Crippen LogP contribution in [0.1, 0.15) is 10.4 Å². The first-order valence-corrected chi connectivity index (χ1v) is 6.89. The van der Waals surface area contributed by atoms with Gasteiger partial charge in [0.15, 0.2) is 0 Å². The van der Waals surface area contributed by atoms with Crippen molar-refractivity contribution < 1.29 is 9.53 Å². The van der Waals surface area contributed by atoms with Gasteiger partial charge in [-0.25, -0.2) is 0 Å². The summed E-state index contributed by atoms with van der Waals surface area (Å²) < 4.78 is 5.92. The molecule has 1 rings (SSSR count). The highest BCUT2D eigenvalue weighted by molar-refractivity contribution is 9.10. The normalized spacial score (nSPS) is 12.2. The number of rotatable bonds is 5. The van der Waals surface area contributed by atoms with Gasteiger partial charge in [-0.2, -0.15) is 0 Å². The van der Waals surface area contributed by atoms with Crippen LogP contribution in [-0.2, 0) is 4.74 Å². The number of alkyl halides is 1. The van der Waals surface area contributed by atoms with Crippen LogP contribution in [0.15, 0.2) is 28.7 Å². The minimum absolute atomic E-state index is 0.00635. The molecular formula is C12H15Br2NO2. The first kappa shape index (κ1) is 14.7. The quantitative estimate of drug-likeness (QED) is 0.752. The van der Waals surface area contributed by atoms with E-state index in [4.69, 9.17) is 4.74 Å². The molecule has 1 aromatic rings. The summed E-state index contributed by atoms with van der Waals surface area (Å²) in [6.07, 6.45) is 0. The smallest absolute Gasteiger partial charge is 0.253 e. The van der Waals surface area contributed by atoms with Crippen LogP contribution in [0.5, 0.6) is 0 Å². The fourth-order valence-corrected chi connectivity index (χ4v) is 2.55. The molecule has 1 unspecified atom stereocenters. The predicted octanol–water partition coefficient (Wildman–Crippen LogP) is 2.93. The van der Waals surface area contributed by atoms with E-state index in [9.17, 15) is 4.79 Å². The molecule has 3 nitrogen and oxygen atoms in total. The Morgan fingerprint density at radius 1 is 1.53 bits per heavy atom. The van der Waals surface area contributed by atoms with Gasteiger partial charge < -0.3 is 9.64 Å². The largest absolute Gasteiger partial charge is 0.383 e. The van der Waals surface area contributed by atoms with Crippen molar-refractivity contribution in [3.8, 4) is 0 Å². The van der Waals surface area contributed by atoms with Gasteiger partial charge in [-0.1, -0.05) is 37.9 Å². The van der Waals surface area contributed by atoms with Crippen molar-refractivity contribution in [3.63, 3.8) is 0 Å². The van der Waals surface area contributed by atoms with E-state index in [2.05, 4.69) is 31.9 Å². The molecule has 0 saturated carbocycles. The first-order chi connectivity index (χ1) is 8.04. The maximum absolute atomic E-state index is 12.1. The zero-order chi connectivity index (χ0) is 12.8. The summed E-state index contributed by atoms with van der Waals surface area (Å²) in [5, 5.41) is 0. The molecule has 0 aromatic heterocycles. The van der Waals surface area contributed by atoms with Crippen molar-refractivity contribution in [1.29, 1.82) is 0 Å². The second-order valence-corrected chi connectivity index (χ2v) is 5.96. The number of carbonyl (C=O) groups excluding carboxylic acids is 1. The second kappa shape index (κ2) is 7.13. The fourth-order valence-electron chi connectivity index (χ4n) is 1.46. The van der Waals surface area contributed by atoms with Gasteiger partial charge in [-0.3, -0.25) is 4.79 Å². The minimum Gasteiger partial charge on any atom is -0.383 e. The lowest BCUT2D eigenvalue weighted by Gasteiger charge is -2.20. The third-order valence-corrected chi connectivity index (χ3v) is 3.28. The lowest BCUT2D eigenvalue weighted by Crippen LogP contribution is -2.33. The zero-order valence-electron chi connectivity index (χ0n) is 9.82. The van der Waals surface area contributed by atoms with Crippen molar-refractivity contribution >= 4 is 37.8 Å². The van der Waals surface area contributed by atoms with E-state index in [-0.39, 0.29) is 10.7 Å². The molecule has 1 amide bonds. The van der Waals surface area contributed by atoms with E-state index in [1.165, 1.54) is 0 Å². The van der Waals surface area contributed by atoms with Crippen LogP contribution in [0, 0.1) is 0 Å². The molecule has 0 aliphatic rings. The standard InChI is InChI=1S/C12H15Br2NO2/c1-15(7-11(14)8-17-2)12(16)9-4-3-5-10(13)6-9/h3-6,11H,7-8H2,1-2H3. The van der Waals surface area contributed by atoms with E-state index >= 15 is 0 Å². The highest BCUT2D eigenvalue weighted by atomic mass is 79.9. The van der Waals surface area contributed by atoms with Gasteiger partial charge in [-0.15, -0.1) is 0 Å². The van der Waals surface area contributed by atoms with Crippen LogP contribution < -0.4 is 0 Å². The summed E-state index contributed by atoms with van der Waals surface area (Å²) in [5.74, 6) is 0.00635. The summed E-state index contributed by atoms with van der Waals surface area (Å²) in [6.45, 7) is 1.19. The van der Waals surface area contributed by atoms with Gasteiger partial charge in [0.1, 0.15) is 0 Å². The Balaban J connectivity index is 2.63. The monoisotopic (exact) mass is 363 g/mol. The van der Waals surface area contributed by atoms with Gasteiger partial charge in [0.25, 0.3) is 5.91 Å². The Bertz CT molecular complexity index is 385. The molecule has 5 heteroatoms. The summed E-state index contributed by atoms with van der Waals surface area (Å²) in [4.78, 5) is 13.9. The molecule has 0 spiro atoms. The molecule has 0 radical (unpaired) electrons. The lowest BCUT2D eigenvalue weighted by molar-refractivity contribution is 0.0784. The summed E-state index contributed by atoms with van der Waals surface area (Å²) in [5.41, 5.74) is 0.680. The lowest BCUT2D eigenvalue weighted by atomic mass is 10.2. The molecule has 1 atom stereocenters. The van der Waals surface area contributed by atoms with Crippen LogP contribution in [-0.4, -0.2) is 42.9 Å². The molecule has 0 aliphatic carbocycles. The number of halogens is 2. The molecule has 0 fully saturated rings. The van der Waals surface area contributed by atoms with E-state index in [1.807, 2.05) is 24.3 Å². The Morgan fingerprint density at radius 2 is 2.24 bits per heavy atom. The molecule has 0 bridgehead atoms. The minimum atomic E-state index is 0.00635. The Labute approximate surface area is 118 Å². The molecular weight excluding hydrogens is 350 g/mol. The molecule has 0 heterocycles. The number of nitrogens with zero attached hydrogens (tertiary/aromatic N) is 1. The number of methoxy groups -OCH3 is 1. The van der Waals surface area contributed by atoms with Crippen molar-refractivity contribution in [2.75, 3.05) is 27.3 Å². The number of ether oxygens (including phenoxy) is 1. The Morgan fingerprint density at radius 3 is 2.82 bits per heavy atom. The number of carbonyl (C=O) groups is 1. The zero-order valence-corrected chi connectivity index (χ0v) is 13.0. The van der Waals surface area contributed by atoms with Gasteiger partial charge in [0, 0.05) is 30.7 Å². The van der Waals surface area contributed by atoms with Crippen LogP contribution >= 0.6 is 31.9 Å². The average Bonchev–Trinajstić information content (AvgIpc) is 2.28. The van der Waals surface area contributed by atoms with E-state index in [0.717, 1.165) is 4.47 Å². The molecule has 0 saturated heterocycles. The predicted molar refractivity (Wildman–Crippen MR) is 75.7 cm³/mol. The number of hydrogen-bond acceptors (Lipinski definition) is 2. The van der Waals surface area contributed by atoms with Crippen LogP contribution in [0.4, 0.5) is 0 Å². The van der Waals surface area contributed by atoms with Gasteiger partial charge in [-0.05, 0) is 18.2 Å². The maximum atomic E-state index is 12.1. The van der Waals surface area contributed by atoms with Crippen molar-refractivity contribution in [1.82, 2.24) is 4.90 Å². The van der Waals surface area contributed by atoms with Crippen molar-refractivity contribution in [3.05, 3.63) is 34.3 Å². The van der Waals surface area contributed by atoms with E-state index in [0.29, 0.717) is 18.7 Å². The number of hydrogen-bond donors (Lipinski definition) is 0. The molecule has 94 valence electrons. The topological polar surface area (TPSA) is 29.5 Å². The van der Waals surface area contributed by atoms with E-state index in [1.54, 1.807) is 19.1 Å². The average molecular weight is 365 g/mol. The summed E-state index contributed by atoms with van der Waals surface area (Å²) in [6, 6.07) is 7.38. The fraction of sp³-hybridized carbons (Fsp3) is 0.417. The van der Waals surface area contributed by atoms with Gasteiger partial charge in [0.05, 0.1) is 11.4 Å². The first-order valence-electron chi connectivity index (χ1n) is 5.18. The molecule has 1 aromatic carbocycles. The third kappa shape index (κ3) is 4.77. The summed E-state index contributed by atoms with van der Waals surface area (Å²) in [7, 11) is 3.43. The number of amides is 1. The van der Waals surface area contributed by atoms with E-state index < -0.39 is 0 Å². The Hall–Kier alpha value is -0.390. The highest BCUT2D eigenvalue weighted by Crippen LogP contribution is 2.14.